The van der Waals surface area contributed by atoms with E-state index in [1.54, 1.807) is 54.8 Å². The van der Waals surface area contributed by atoms with Gasteiger partial charge in [-0.15, -0.1) is 10.2 Å². The summed E-state index contributed by atoms with van der Waals surface area (Å²) < 4.78 is 37.1. The Morgan fingerprint density at radius 3 is 2.52 bits per heavy atom. The molecule has 130 valence electrons. The fourth-order valence-corrected chi connectivity index (χ4v) is 3.28. The fraction of sp³-hybridized carbons (Fsp3) is 0.176. The van der Waals surface area contributed by atoms with E-state index < -0.39 is 10.0 Å². The van der Waals surface area contributed by atoms with Crippen LogP contribution in [0.1, 0.15) is 5.56 Å². The van der Waals surface area contributed by atoms with Gasteiger partial charge < -0.3 is 9.15 Å². The molecule has 0 fully saturated rings. The lowest BCUT2D eigenvalue weighted by molar-refractivity contribution is 0.307. The molecule has 0 bridgehead atoms. The maximum atomic E-state index is 12.0. The van der Waals surface area contributed by atoms with E-state index in [0.717, 1.165) is 5.56 Å². The fourth-order valence-electron chi connectivity index (χ4n) is 2.15. The highest BCUT2D eigenvalue weighted by atomic mass is 32.2. The van der Waals surface area contributed by atoms with E-state index in [9.17, 15) is 8.42 Å². The third-order valence-corrected chi connectivity index (χ3v) is 4.64. The summed E-state index contributed by atoms with van der Waals surface area (Å²) in [6, 6.07) is 15.9. The van der Waals surface area contributed by atoms with Crippen molar-refractivity contribution in [2.75, 3.05) is 13.2 Å². The summed E-state index contributed by atoms with van der Waals surface area (Å²) in [5.74, 6) is 0.871. The summed E-state index contributed by atoms with van der Waals surface area (Å²) in [6.07, 6.45) is 1.56. The zero-order chi connectivity index (χ0) is 17.5. The number of hydrogen-bond acceptors (Lipinski definition) is 6. The maximum absolute atomic E-state index is 12.0. The number of rotatable bonds is 8. The number of hydrogen-bond donors (Lipinski definition) is 1. The predicted octanol–water partition coefficient (Wildman–Crippen LogP) is 2.24. The van der Waals surface area contributed by atoms with Gasteiger partial charge in [0, 0.05) is 12.6 Å². The van der Waals surface area contributed by atoms with Crippen LogP contribution in [0.2, 0.25) is 0 Å². The first-order valence-corrected chi connectivity index (χ1v) is 9.29. The van der Waals surface area contributed by atoms with E-state index in [1.807, 2.05) is 6.07 Å². The summed E-state index contributed by atoms with van der Waals surface area (Å²) in [5, 5.41) is 7.92. The Kier molecular flexibility index (Phi) is 5.42. The van der Waals surface area contributed by atoms with Gasteiger partial charge in [0.2, 0.25) is 15.9 Å². The number of aromatic nitrogens is 2. The molecule has 3 aromatic rings. The summed E-state index contributed by atoms with van der Waals surface area (Å²) >= 11 is 0. The molecule has 0 amide bonds. The topological polar surface area (TPSA) is 94.3 Å². The Hall–Kier alpha value is -2.71. The lowest BCUT2D eigenvalue weighted by Crippen LogP contribution is -2.29. The van der Waals surface area contributed by atoms with Crippen LogP contribution in [0.3, 0.4) is 0 Å². The van der Waals surface area contributed by atoms with Gasteiger partial charge in [0.15, 0.2) is 5.76 Å². The number of ether oxygens (including phenoxy) is 1. The highest BCUT2D eigenvalue weighted by Gasteiger charge is 2.11. The molecule has 7 nitrogen and oxygen atoms in total. The van der Waals surface area contributed by atoms with E-state index in [-0.39, 0.29) is 18.9 Å². The molecule has 25 heavy (non-hydrogen) atoms. The van der Waals surface area contributed by atoms with Crippen molar-refractivity contribution in [2.24, 2.45) is 0 Å². The van der Waals surface area contributed by atoms with Crippen LogP contribution in [0.5, 0.6) is 5.88 Å². The largest absolute Gasteiger partial charge is 0.475 e. The Morgan fingerprint density at radius 2 is 1.84 bits per heavy atom. The Bertz CT molecular complexity index is 879. The third kappa shape index (κ3) is 5.13. The molecule has 0 radical (unpaired) electrons. The van der Waals surface area contributed by atoms with Crippen LogP contribution in [0.15, 0.2) is 65.3 Å². The second kappa shape index (κ2) is 7.91. The number of furan rings is 1. The molecule has 8 heteroatoms. The van der Waals surface area contributed by atoms with Gasteiger partial charge in [-0.1, -0.05) is 30.3 Å². The first-order valence-electron chi connectivity index (χ1n) is 7.64. The van der Waals surface area contributed by atoms with E-state index >= 15 is 0 Å². The first kappa shape index (κ1) is 17.1. The molecular weight excluding hydrogens is 342 g/mol. The van der Waals surface area contributed by atoms with Gasteiger partial charge in [-0.3, -0.25) is 0 Å². The Labute approximate surface area is 145 Å². The zero-order valence-electron chi connectivity index (χ0n) is 13.3. The van der Waals surface area contributed by atoms with Crippen LogP contribution < -0.4 is 9.46 Å². The van der Waals surface area contributed by atoms with Crippen molar-refractivity contribution in [1.82, 2.24) is 14.9 Å². The molecule has 0 aliphatic carbocycles. The van der Waals surface area contributed by atoms with Crippen LogP contribution in [0.4, 0.5) is 0 Å². The standard InChI is InChI=1S/C17H17N3O4S/c21-25(22,13-14-5-2-1-3-6-14)18-10-12-24-17-9-8-15(19-20-17)16-7-4-11-23-16/h1-9,11,18H,10,12-13H2. The van der Waals surface area contributed by atoms with Gasteiger partial charge in [-0.2, -0.15) is 0 Å². The normalized spacial score (nSPS) is 11.4. The van der Waals surface area contributed by atoms with Crippen molar-refractivity contribution in [1.29, 1.82) is 0 Å². The zero-order valence-corrected chi connectivity index (χ0v) is 14.1. The van der Waals surface area contributed by atoms with Crippen LogP contribution in [0, 0.1) is 0 Å². The van der Waals surface area contributed by atoms with Crippen molar-refractivity contribution in [3.05, 3.63) is 66.4 Å². The third-order valence-electron chi connectivity index (χ3n) is 3.29. The van der Waals surface area contributed by atoms with Crippen molar-refractivity contribution < 1.29 is 17.6 Å². The van der Waals surface area contributed by atoms with Gasteiger partial charge in [-0.25, -0.2) is 13.1 Å². The monoisotopic (exact) mass is 359 g/mol. The van der Waals surface area contributed by atoms with Crippen LogP contribution in [0.25, 0.3) is 11.5 Å². The molecule has 1 N–H and O–H groups in total. The van der Waals surface area contributed by atoms with E-state index in [1.165, 1.54) is 0 Å². The SMILES string of the molecule is O=S(=O)(Cc1ccccc1)NCCOc1ccc(-c2ccco2)nn1. The molecule has 0 aliphatic rings. The van der Waals surface area contributed by atoms with Gasteiger partial charge in [0.05, 0.1) is 12.0 Å². The second-order valence-electron chi connectivity index (χ2n) is 5.22. The predicted molar refractivity (Wildman–Crippen MR) is 92.3 cm³/mol. The molecule has 0 saturated carbocycles. The number of sulfonamides is 1. The molecule has 1 aromatic carbocycles. The van der Waals surface area contributed by atoms with Crippen LogP contribution in [-0.2, 0) is 15.8 Å². The minimum Gasteiger partial charge on any atom is -0.475 e. The van der Waals surface area contributed by atoms with Crippen LogP contribution >= 0.6 is 0 Å². The van der Waals surface area contributed by atoms with Crippen molar-refractivity contribution >= 4 is 10.0 Å². The molecule has 0 unspecified atom stereocenters. The summed E-state index contributed by atoms with van der Waals surface area (Å²) in [6.45, 7) is 0.305. The lowest BCUT2D eigenvalue weighted by Gasteiger charge is -2.08. The van der Waals surface area contributed by atoms with E-state index in [0.29, 0.717) is 17.3 Å². The first-order chi connectivity index (χ1) is 12.1. The molecule has 2 aromatic heterocycles. The van der Waals surface area contributed by atoms with Gasteiger partial charge in [-0.05, 0) is 23.8 Å². The highest BCUT2D eigenvalue weighted by molar-refractivity contribution is 7.88. The van der Waals surface area contributed by atoms with Gasteiger partial charge >= 0.3 is 0 Å². The number of nitrogens with zero attached hydrogens (tertiary/aromatic N) is 2. The summed E-state index contributed by atoms with van der Waals surface area (Å²) in [7, 11) is -3.40. The van der Waals surface area contributed by atoms with Crippen molar-refractivity contribution in [2.45, 2.75) is 5.75 Å². The second-order valence-corrected chi connectivity index (χ2v) is 7.03. The average Bonchev–Trinajstić information content (AvgIpc) is 3.14. The molecule has 0 aliphatic heterocycles. The molecule has 0 saturated heterocycles. The molecule has 3 rings (SSSR count). The quantitative estimate of drug-likeness (QED) is 0.620. The Morgan fingerprint density at radius 1 is 1.00 bits per heavy atom. The number of nitrogens with one attached hydrogen (secondary N) is 1. The van der Waals surface area contributed by atoms with E-state index in [2.05, 4.69) is 14.9 Å². The lowest BCUT2D eigenvalue weighted by atomic mass is 10.2. The summed E-state index contributed by atoms with van der Waals surface area (Å²) in [4.78, 5) is 0. The van der Waals surface area contributed by atoms with E-state index in [4.69, 9.17) is 9.15 Å². The number of benzene rings is 1. The van der Waals surface area contributed by atoms with Crippen molar-refractivity contribution in [3.8, 4) is 17.3 Å². The maximum Gasteiger partial charge on any atom is 0.233 e. The highest BCUT2D eigenvalue weighted by Crippen LogP contribution is 2.17. The molecule has 2 heterocycles. The molecular formula is C17H17N3O4S. The van der Waals surface area contributed by atoms with Gasteiger partial charge in [0.1, 0.15) is 12.3 Å². The smallest absolute Gasteiger partial charge is 0.233 e. The average molecular weight is 359 g/mol. The van der Waals surface area contributed by atoms with Crippen molar-refractivity contribution in [3.63, 3.8) is 0 Å². The summed E-state index contributed by atoms with van der Waals surface area (Å²) in [5.41, 5.74) is 1.33. The minimum absolute atomic E-state index is 0.0640. The minimum atomic E-state index is -3.40. The molecule has 0 atom stereocenters. The van der Waals surface area contributed by atoms with Crippen LogP contribution in [-0.4, -0.2) is 31.8 Å². The molecule has 0 spiro atoms. The Balaban J connectivity index is 1.45. The van der Waals surface area contributed by atoms with Gasteiger partial charge in [0.25, 0.3) is 0 Å².